The number of rotatable bonds is 6. The van der Waals surface area contributed by atoms with Crippen LogP contribution in [0.15, 0.2) is 60.9 Å². The van der Waals surface area contributed by atoms with E-state index >= 15 is 0 Å². The highest BCUT2D eigenvalue weighted by molar-refractivity contribution is 5.89. The van der Waals surface area contributed by atoms with E-state index in [1.807, 2.05) is 25.3 Å². The maximum Gasteiger partial charge on any atom is 0.319 e. The van der Waals surface area contributed by atoms with E-state index in [1.165, 1.54) is 11.3 Å². The molecule has 0 unspecified atom stereocenters. The van der Waals surface area contributed by atoms with E-state index in [4.69, 9.17) is 0 Å². The van der Waals surface area contributed by atoms with Gasteiger partial charge in [0.2, 0.25) is 0 Å². The van der Waals surface area contributed by atoms with E-state index in [1.54, 1.807) is 6.20 Å². The van der Waals surface area contributed by atoms with Crippen molar-refractivity contribution >= 4 is 23.1 Å². The molecule has 0 radical (unpaired) electrons. The molecule has 144 valence electrons. The summed E-state index contributed by atoms with van der Waals surface area (Å²) in [4.78, 5) is 18.6. The number of nitrogens with zero attached hydrogens (tertiary/aromatic N) is 3. The average molecular weight is 375 g/mol. The van der Waals surface area contributed by atoms with Gasteiger partial charge in [0.05, 0.1) is 0 Å². The van der Waals surface area contributed by atoms with Gasteiger partial charge in [0.15, 0.2) is 0 Å². The maximum atomic E-state index is 12.1. The van der Waals surface area contributed by atoms with Crippen LogP contribution >= 0.6 is 0 Å². The van der Waals surface area contributed by atoms with Gasteiger partial charge in [0.1, 0.15) is 5.82 Å². The highest BCUT2D eigenvalue weighted by atomic mass is 16.2. The molecular weight excluding hydrogens is 350 g/mol. The first-order chi connectivity index (χ1) is 13.7. The number of aryl methyl sites for hydroxylation is 2. The molecule has 1 aliphatic rings. The molecular formula is C22H25N5O. The van der Waals surface area contributed by atoms with Crippen molar-refractivity contribution < 1.29 is 4.79 Å². The van der Waals surface area contributed by atoms with Gasteiger partial charge < -0.3 is 20.1 Å². The number of carbonyl (C=O) groups is 1. The van der Waals surface area contributed by atoms with E-state index in [0.717, 1.165) is 43.1 Å². The van der Waals surface area contributed by atoms with E-state index in [9.17, 15) is 4.79 Å². The molecule has 0 saturated heterocycles. The number of carbonyl (C=O) groups excluding carboxylic acids is 1. The number of fused-ring (bicyclic) bond motifs is 1. The summed E-state index contributed by atoms with van der Waals surface area (Å²) in [7, 11) is 0. The highest BCUT2D eigenvalue weighted by Gasteiger charge is 2.19. The van der Waals surface area contributed by atoms with Crippen molar-refractivity contribution in [3.63, 3.8) is 0 Å². The van der Waals surface area contributed by atoms with Crippen molar-refractivity contribution in [2.45, 2.75) is 26.3 Å². The summed E-state index contributed by atoms with van der Waals surface area (Å²) >= 11 is 0. The Morgan fingerprint density at radius 3 is 2.75 bits per heavy atom. The lowest BCUT2D eigenvalue weighted by atomic mass is 10.2. The summed E-state index contributed by atoms with van der Waals surface area (Å²) in [5.41, 5.74) is 4.59. The molecule has 4 rings (SSSR count). The van der Waals surface area contributed by atoms with Gasteiger partial charge in [0.25, 0.3) is 0 Å². The number of nitrogens with one attached hydrogen (secondary N) is 2. The van der Waals surface area contributed by atoms with Gasteiger partial charge >= 0.3 is 6.03 Å². The van der Waals surface area contributed by atoms with E-state index in [2.05, 4.69) is 61.5 Å². The van der Waals surface area contributed by atoms with Gasteiger partial charge in [-0.3, -0.25) is 0 Å². The second kappa shape index (κ2) is 8.17. The molecule has 0 atom stereocenters. The van der Waals surface area contributed by atoms with Crippen LogP contribution in [-0.2, 0) is 13.0 Å². The molecule has 28 heavy (non-hydrogen) atoms. The summed E-state index contributed by atoms with van der Waals surface area (Å²) < 4.78 is 2.08. The normalized spacial score (nSPS) is 12.7. The zero-order valence-corrected chi connectivity index (χ0v) is 16.1. The van der Waals surface area contributed by atoms with Crippen LogP contribution in [0.4, 0.5) is 21.9 Å². The molecule has 0 bridgehead atoms. The third-order valence-electron chi connectivity index (χ3n) is 5.11. The van der Waals surface area contributed by atoms with Crippen LogP contribution in [0.2, 0.25) is 0 Å². The largest absolute Gasteiger partial charge is 0.341 e. The van der Waals surface area contributed by atoms with Crippen molar-refractivity contribution in [1.82, 2.24) is 14.9 Å². The van der Waals surface area contributed by atoms with Crippen LogP contribution in [-0.4, -0.2) is 28.7 Å². The second-order valence-corrected chi connectivity index (χ2v) is 6.98. The Morgan fingerprint density at radius 2 is 1.96 bits per heavy atom. The van der Waals surface area contributed by atoms with E-state index in [-0.39, 0.29) is 6.03 Å². The summed E-state index contributed by atoms with van der Waals surface area (Å²) in [6.45, 7) is 4.43. The van der Waals surface area contributed by atoms with Crippen LogP contribution < -0.4 is 15.5 Å². The topological polar surface area (TPSA) is 62.2 Å². The molecule has 0 fully saturated rings. The monoisotopic (exact) mass is 375 g/mol. The molecule has 1 aliphatic heterocycles. The maximum absolute atomic E-state index is 12.1. The zero-order valence-electron chi connectivity index (χ0n) is 16.1. The number of anilines is 3. The van der Waals surface area contributed by atoms with Gasteiger partial charge in [-0.1, -0.05) is 18.2 Å². The Balaban J connectivity index is 1.26. The van der Waals surface area contributed by atoms with E-state index in [0.29, 0.717) is 6.54 Å². The Kier molecular flexibility index (Phi) is 5.28. The fraction of sp³-hybridized carbons (Fsp3) is 0.273. The van der Waals surface area contributed by atoms with Crippen LogP contribution in [0, 0.1) is 6.92 Å². The van der Waals surface area contributed by atoms with Crippen molar-refractivity contribution in [2.75, 3.05) is 23.3 Å². The SMILES string of the molecule is Cc1nccn1CCCNC(=O)Nc1ccc(N2CCc3ccccc32)cc1. The third-order valence-corrected chi connectivity index (χ3v) is 5.11. The lowest BCUT2D eigenvalue weighted by molar-refractivity contribution is 0.252. The first-order valence-corrected chi connectivity index (χ1v) is 9.69. The van der Waals surface area contributed by atoms with Gasteiger partial charge in [-0.2, -0.15) is 0 Å². The number of aromatic nitrogens is 2. The number of para-hydroxylation sites is 1. The van der Waals surface area contributed by atoms with Crippen LogP contribution in [0.3, 0.4) is 0 Å². The molecule has 6 heteroatoms. The van der Waals surface area contributed by atoms with Crippen molar-refractivity contribution in [1.29, 1.82) is 0 Å². The van der Waals surface area contributed by atoms with Crippen LogP contribution in [0.1, 0.15) is 17.8 Å². The van der Waals surface area contributed by atoms with Gasteiger partial charge in [-0.25, -0.2) is 9.78 Å². The molecule has 2 heterocycles. The minimum absolute atomic E-state index is 0.179. The summed E-state index contributed by atoms with van der Waals surface area (Å²) in [6.07, 6.45) is 5.67. The third kappa shape index (κ3) is 4.01. The minimum Gasteiger partial charge on any atom is -0.341 e. The van der Waals surface area contributed by atoms with Gasteiger partial charge in [-0.05, 0) is 55.7 Å². The zero-order chi connectivity index (χ0) is 19.3. The highest BCUT2D eigenvalue weighted by Crippen LogP contribution is 2.34. The lowest BCUT2D eigenvalue weighted by Crippen LogP contribution is -2.30. The quantitative estimate of drug-likeness (QED) is 0.638. The number of benzene rings is 2. The molecule has 3 aromatic rings. The Hall–Kier alpha value is -3.28. The van der Waals surface area contributed by atoms with Crippen LogP contribution in [0.25, 0.3) is 0 Å². The van der Waals surface area contributed by atoms with Gasteiger partial charge in [0, 0.05) is 49.1 Å². The summed E-state index contributed by atoms with van der Waals surface area (Å²) in [6, 6.07) is 16.3. The Bertz CT molecular complexity index is 948. The number of amides is 2. The number of hydrogen-bond donors (Lipinski definition) is 2. The van der Waals surface area contributed by atoms with Crippen molar-refractivity contribution in [3.05, 3.63) is 72.3 Å². The second-order valence-electron chi connectivity index (χ2n) is 6.98. The predicted molar refractivity (Wildman–Crippen MR) is 112 cm³/mol. The molecule has 0 spiro atoms. The molecule has 2 aromatic carbocycles. The summed E-state index contributed by atoms with van der Waals surface area (Å²) in [5.74, 6) is 0.991. The molecule has 6 nitrogen and oxygen atoms in total. The minimum atomic E-state index is -0.179. The molecule has 2 amide bonds. The molecule has 0 saturated carbocycles. The standard InChI is InChI=1S/C22H25N5O/c1-17-23-13-16-26(17)14-4-12-24-22(28)25-19-7-9-20(10-8-19)27-15-11-18-5-2-3-6-21(18)27/h2-3,5-10,13,16H,4,11-12,14-15H2,1H3,(H2,24,25,28). The fourth-order valence-electron chi connectivity index (χ4n) is 3.60. The van der Waals surface area contributed by atoms with E-state index < -0.39 is 0 Å². The number of urea groups is 1. The average Bonchev–Trinajstić information content (AvgIpc) is 3.32. The summed E-state index contributed by atoms with van der Waals surface area (Å²) in [5, 5.41) is 5.80. The first-order valence-electron chi connectivity index (χ1n) is 9.69. The van der Waals surface area contributed by atoms with Crippen molar-refractivity contribution in [2.24, 2.45) is 0 Å². The Labute approximate surface area is 165 Å². The lowest BCUT2D eigenvalue weighted by Gasteiger charge is -2.20. The van der Waals surface area contributed by atoms with Crippen molar-refractivity contribution in [3.8, 4) is 0 Å². The smallest absolute Gasteiger partial charge is 0.319 e. The van der Waals surface area contributed by atoms with Crippen LogP contribution in [0.5, 0.6) is 0 Å². The Morgan fingerprint density at radius 1 is 1.14 bits per heavy atom. The molecule has 1 aromatic heterocycles. The molecule has 0 aliphatic carbocycles. The van der Waals surface area contributed by atoms with Gasteiger partial charge in [-0.15, -0.1) is 0 Å². The molecule has 2 N–H and O–H groups in total. The first kappa shape index (κ1) is 18.1. The predicted octanol–water partition coefficient (Wildman–Crippen LogP) is 4.10. The fourth-order valence-corrected chi connectivity index (χ4v) is 3.60. The number of hydrogen-bond acceptors (Lipinski definition) is 3. The number of imidazole rings is 1.